The van der Waals surface area contributed by atoms with E-state index in [0.29, 0.717) is 5.65 Å². The number of carbonyl (C=O) groups excluding carboxylic acids is 1. The number of hydrogen-bond acceptors (Lipinski definition) is 5. The second-order valence-electron chi connectivity index (χ2n) is 7.65. The summed E-state index contributed by atoms with van der Waals surface area (Å²) in [6, 6.07) is 0.201. The van der Waals surface area contributed by atoms with E-state index < -0.39 is 0 Å². The number of aromatic amines is 1. The zero-order valence-electron chi connectivity index (χ0n) is 15.3. The van der Waals surface area contributed by atoms with Gasteiger partial charge in [-0.15, -0.1) is 0 Å². The van der Waals surface area contributed by atoms with Crippen LogP contribution >= 0.6 is 0 Å². The second-order valence-corrected chi connectivity index (χ2v) is 7.65. The van der Waals surface area contributed by atoms with Crippen LogP contribution in [0.25, 0.3) is 11.2 Å². The summed E-state index contributed by atoms with van der Waals surface area (Å²) < 4.78 is 0. The lowest BCUT2D eigenvalue weighted by molar-refractivity contribution is -0.117. The molecule has 1 aliphatic rings. The summed E-state index contributed by atoms with van der Waals surface area (Å²) in [4.78, 5) is 30.3. The molecule has 25 heavy (non-hydrogen) atoms. The first-order valence-corrected chi connectivity index (χ1v) is 8.73. The van der Waals surface area contributed by atoms with Gasteiger partial charge >= 0.3 is 0 Å². The molecule has 1 fully saturated rings. The van der Waals surface area contributed by atoms with Crippen LogP contribution in [0.3, 0.4) is 0 Å². The average Bonchev–Trinajstić information content (AvgIpc) is 3.03. The molecule has 1 amide bonds. The lowest BCUT2D eigenvalue weighted by Gasteiger charge is -2.33. The summed E-state index contributed by atoms with van der Waals surface area (Å²) >= 11 is 0. The van der Waals surface area contributed by atoms with Crippen LogP contribution in [0.4, 0.5) is 5.82 Å². The quantitative estimate of drug-likeness (QED) is 0.837. The normalized spacial score (nSPS) is 17.1. The van der Waals surface area contributed by atoms with E-state index in [9.17, 15) is 4.79 Å². The van der Waals surface area contributed by atoms with E-state index in [0.717, 1.165) is 42.8 Å². The van der Waals surface area contributed by atoms with Gasteiger partial charge in [0.05, 0.1) is 6.33 Å². The van der Waals surface area contributed by atoms with Gasteiger partial charge in [0.25, 0.3) is 0 Å². The monoisotopic (exact) mass is 342 g/mol. The van der Waals surface area contributed by atoms with Crippen LogP contribution in [0, 0.1) is 5.41 Å². The molecule has 0 spiro atoms. The van der Waals surface area contributed by atoms with Crippen molar-refractivity contribution in [3.05, 3.63) is 24.3 Å². The summed E-state index contributed by atoms with van der Waals surface area (Å²) in [5, 5.41) is 3.13. The molecule has 1 saturated heterocycles. The maximum Gasteiger partial charge on any atom is 0.244 e. The first-order valence-electron chi connectivity index (χ1n) is 8.73. The SMILES string of the molecule is C/C(=C\C(=O)NC1CCN(c2ncnc3nc[nH]c23)CC1)C(C)(C)C. The van der Waals surface area contributed by atoms with Gasteiger partial charge in [0.2, 0.25) is 5.91 Å². The fourth-order valence-electron chi connectivity index (χ4n) is 2.88. The Kier molecular flexibility index (Phi) is 4.74. The first kappa shape index (κ1) is 17.4. The third-order valence-corrected chi connectivity index (χ3v) is 4.87. The van der Waals surface area contributed by atoms with Gasteiger partial charge in [-0.3, -0.25) is 4.79 Å². The van der Waals surface area contributed by atoms with Crippen molar-refractivity contribution in [2.75, 3.05) is 18.0 Å². The van der Waals surface area contributed by atoms with E-state index in [1.54, 1.807) is 18.7 Å². The van der Waals surface area contributed by atoms with Crippen molar-refractivity contribution in [2.24, 2.45) is 5.41 Å². The molecule has 0 radical (unpaired) electrons. The van der Waals surface area contributed by atoms with Crippen molar-refractivity contribution < 1.29 is 4.79 Å². The molecule has 7 heteroatoms. The summed E-state index contributed by atoms with van der Waals surface area (Å²) in [5.74, 6) is 0.889. The minimum Gasteiger partial charge on any atom is -0.355 e. The zero-order chi connectivity index (χ0) is 18.0. The highest BCUT2D eigenvalue weighted by atomic mass is 16.1. The number of carbonyl (C=O) groups is 1. The van der Waals surface area contributed by atoms with Gasteiger partial charge in [0, 0.05) is 25.2 Å². The van der Waals surface area contributed by atoms with Crippen LogP contribution in [-0.4, -0.2) is 45.0 Å². The maximum absolute atomic E-state index is 12.2. The van der Waals surface area contributed by atoms with E-state index in [4.69, 9.17) is 0 Å². The van der Waals surface area contributed by atoms with Gasteiger partial charge in [-0.1, -0.05) is 26.3 Å². The predicted octanol–water partition coefficient (Wildman–Crippen LogP) is 2.43. The second kappa shape index (κ2) is 6.82. The molecule has 0 bridgehead atoms. The zero-order valence-corrected chi connectivity index (χ0v) is 15.3. The Labute approximate surface area is 148 Å². The summed E-state index contributed by atoms with van der Waals surface area (Å²) in [6.45, 7) is 10.0. The number of nitrogens with one attached hydrogen (secondary N) is 2. The lowest BCUT2D eigenvalue weighted by atomic mass is 9.87. The number of piperidine rings is 1. The van der Waals surface area contributed by atoms with E-state index in [-0.39, 0.29) is 17.4 Å². The molecule has 3 rings (SSSR count). The lowest BCUT2D eigenvalue weighted by Crippen LogP contribution is -2.44. The molecule has 3 heterocycles. The largest absolute Gasteiger partial charge is 0.355 e. The highest BCUT2D eigenvalue weighted by Crippen LogP contribution is 2.25. The molecule has 2 aromatic heterocycles. The molecule has 0 unspecified atom stereocenters. The van der Waals surface area contributed by atoms with Crippen LogP contribution in [0.2, 0.25) is 0 Å². The molecule has 1 aliphatic heterocycles. The third-order valence-electron chi connectivity index (χ3n) is 4.87. The average molecular weight is 342 g/mol. The maximum atomic E-state index is 12.2. The van der Waals surface area contributed by atoms with Crippen molar-refractivity contribution in [3.8, 4) is 0 Å². The molecular formula is C18H26N6O. The summed E-state index contributed by atoms with van der Waals surface area (Å²) in [7, 11) is 0. The number of fused-ring (bicyclic) bond motifs is 1. The molecule has 0 saturated carbocycles. The van der Waals surface area contributed by atoms with Crippen LogP contribution in [0.5, 0.6) is 0 Å². The number of imidazole rings is 1. The number of allylic oxidation sites excluding steroid dienone is 1. The fraction of sp³-hybridized carbons (Fsp3) is 0.556. The Bertz CT molecular complexity index is 780. The minimum atomic E-state index is 0.00358. The van der Waals surface area contributed by atoms with Crippen molar-refractivity contribution in [3.63, 3.8) is 0 Å². The number of H-pyrrole nitrogens is 1. The molecule has 7 nitrogen and oxygen atoms in total. The van der Waals surface area contributed by atoms with Crippen molar-refractivity contribution >= 4 is 22.9 Å². The van der Waals surface area contributed by atoms with Crippen LogP contribution in [-0.2, 0) is 4.79 Å². The number of nitrogens with zero attached hydrogens (tertiary/aromatic N) is 4. The number of aromatic nitrogens is 4. The minimum absolute atomic E-state index is 0.00358. The Balaban J connectivity index is 1.59. The van der Waals surface area contributed by atoms with Gasteiger partial charge in [0.1, 0.15) is 11.8 Å². The van der Waals surface area contributed by atoms with E-state index in [1.807, 2.05) is 6.92 Å². The van der Waals surface area contributed by atoms with Crippen LogP contribution < -0.4 is 10.2 Å². The highest BCUT2D eigenvalue weighted by molar-refractivity contribution is 5.88. The van der Waals surface area contributed by atoms with Crippen molar-refractivity contribution in [2.45, 2.75) is 46.6 Å². The Hall–Kier alpha value is -2.44. The van der Waals surface area contributed by atoms with E-state index >= 15 is 0 Å². The molecule has 0 aromatic carbocycles. The smallest absolute Gasteiger partial charge is 0.244 e. The molecule has 2 N–H and O–H groups in total. The topological polar surface area (TPSA) is 86.8 Å². The van der Waals surface area contributed by atoms with Gasteiger partial charge < -0.3 is 15.2 Å². The van der Waals surface area contributed by atoms with Crippen LogP contribution in [0.15, 0.2) is 24.3 Å². The molecule has 2 aromatic rings. The molecular weight excluding hydrogens is 316 g/mol. The third kappa shape index (κ3) is 3.97. The van der Waals surface area contributed by atoms with Crippen molar-refractivity contribution in [1.82, 2.24) is 25.3 Å². The predicted molar refractivity (Wildman–Crippen MR) is 98.3 cm³/mol. The van der Waals surface area contributed by atoms with Crippen LogP contribution in [0.1, 0.15) is 40.5 Å². The molecule has 0 aliphatic carbocycles. The van der Waals surface area contributed by atoms with Gasteiger partial charge in [-0.05, 0) is 25.2 Å². The first-order chi connectivity index (χ1) is 11.8. The number of hydrogen-bond donors (Lipinski definition) is 2. The van der Waals surface area contributed by atoms with Gasteiger partial charge in [-0.2, -0.15) is 0 Å². The van der Waals surface area contributed by atoms with Crippen molar-refractivity contribution in [1.29, 1.82) is 0 Å². The Morgan fingerprint density at radius 2 is 2.00 bits per heavy atom. The number of amides is 1. The number of anilines is 1. The fourth-order valence-corrected chi connectivity index (χ4v) is 2.88. The molecule has 0 atom stereocenters. The van der Waals surface area contributed by atoms with Gasteiger partial charge in [-0.25, -0.2) is 15.0 Å². The standard InChI is InChI=1S/C18H26N6O/c1-12(18(2,3)4)9-14(25)23-13-5-7-24(8-6-13)17-15-16(20-10-19-15)21-11-22-17/h9-11,13H,5-8H2,1-4H3,(H,23,25)(H,19,20,21,22)/b12-9+. The summed E-state index contributed by atoms with van der Waals surface area (Å²) in [6.07, 6.45) is 6.71. The molecule has 134 valence electrons. The summed E-state index contributed by atoms with van der Waals surface area (Å²) in [5.41, 5.74) is 2.66. The highest BCUT2D eigenvalue weighted by Gasteiger charge is 2.23. The van der Waals surface area contributed by atoms with E-state index in [1.165, 1.54) is 0 Å². The number of rotatable bonds is 3. The van der Waals surface area contributed by atoms with Gasteiger partial charge in [0.15, 0.2) is 11.5 Å². The Morgan fingerprint density at radius 3 is 2.68 bits per heavy atom. The van der Waals surface area contributed by atoms with E-state index in [2.05, 4.69) is 50.9 Å². The Morgan fingerprint density at radius 1 is 1.28 bits per heavy atom.